The number of anilines is 1. The van der Waals surface area contributed by atoms with Crippen molar-refractivity contribution in [2.24, 2.45) is 12.8 Å². The summed E-state index contributed by atoms with van der Waals surface area (Å²) in [5, 5.41) is 11.7. The highest BCUT2D eigenvalue weighted by Crippen LogP contribution is 2.39. The van der Waals surface area contributed by atoms with Crippen molar-refractivity contribution in [3.8, 4) is 0 Å². The lowest BCUT2D eigenvalue weighted by Crippen LogP contribution is -2.68. The fourth-order valence-corrected chi connectivity index (χ4v) is 4.04. The summed E-state index contributed by atoms with van der Waals surface area (Å²) in [5.41, 5.74) is 6.96. The number of nitrogens with one attached hydrogen (secondary N) is 1. The molecule has 1 saturated heterocycles. The topological polar surface area (TPSA) is 122 Å². The molecule has 2 aliphatic rings. The molecule has 0 spiro atoms. The number of carbonyl (C=O) groups excluding carboxylic acids is 2. The Morgan fingerprint density at radius 3 is 3.04 bits per heavy atom. The molecule has 0 radical (unpaired) electrons. The number of hydrogen-bond acceptors (Lipinski definition) is 5. The molecule has 3 rings (SSSR count). The number of fused-ring (bicyclic) bond motifs is 1. The molecule has 0 saturated carbocycles. The predicted octanol–water partition coefficient (Wildman–Crippen LogP) is -1.54. The van der Waals surface area contributed by atoms with E-state index in [4.69, 9.17) is 5.73 Å². The molecule has 1 fully saturated rings. The summed E-state index contributed by atoms with van der Waals surface area (Å²) in [6.07, 6.45) is 3.98. The van der Waals surface area contributed by atoms with E-state index < -0.39 is 12.0 Å². The number of hydrogen-bond donors (Lipinski definition) is 3. The van der Waals surface area contributed by atoms with E-state index in [1.165, 1.54) is 16.7 Å². The second kappa shape index (κ2) is 5.70. The van der Waals surface area contributed by atoms with Crippen LogP contribution >= 0.6 is 11.8 Å². The van der Waals surface area contributed by atoms with Crippen LogP contribution in [0.15, 0.2) is 23.7 Å². The van der Waals surface area contributed by atoms with Gasteiger partial charge in [0.15, 0.2) is 7.05 Å². The zero-order valence-electron chi connectivity index (χ0n) is 12.3. The minimum Gasteiger partial charge on any atom is -0.477 e. The highest BCUT2D eigenvalue weighted by Gasteiger charge is 2.51. The van der Waals surface area contributed by atoms with Crippen molar-refractivity contribution < 1.29 is 24.2 Å². The van der Waals surface area contributed by atoms with Crippen LogP contribution in [0.5, 0.6) is 0 Å². The van der Waals surface area contributed by atoms with Crippen molar-refractivity contribution in [1.82, 2.24) is 9.58 Å². The van der Waals surface area contributed by atoms with Crippen molar-refractivity contribution in [3.63, 3.8) is 0 Å². The first-order valence-electron chi connectivity index (χ1n) is 6.86. The Labute approximate surface area is 135 Å². The van der Waals surface area contributed by atoms with Crippen molar-refractivity contribution in [2.75, 3.05) is 11.1 Å². The summed E-state index contributed by atoms with van der Waals surface area (Å²) in [6.45, 7) is 0.303. The summed E-state index contributed by atoms with van der Waals surface area (Å²) in [5.74, 6) is -1.01. The normalized spacial score (nSPS) is 23.4. The molecule has 0 aliphatic carbocycles. The van der Waals surface area contributed by atoms with Gasteiger partial charge >= 0.3 is 5.97 Å². The molecule has 23 heavy (non-hydrogen) atoms. The third-order valence-corrected chi connectivity index (χ3v) is 5.25. The van der Waals surface area contributed by atoms with Gasteiger partial charge in [0.2, 0.25) is 18.5 Å². The van der Waals surface area contributed by atoms with Crippen LogP contribution in [0.3, 0.4) is 0 Å². The van der Waals surface area contributed by atoms with Crippen LogP contribution in [0.25, 0.3) is 0 Å². The van der Waals surface area contributed by atoms with Gasteiger partial charge in [0.25, 0.3) is 0 Å². The van der Waals surface area contributed by atoms with Crippen molar-refractivity contribution in [2.45, 2.75) is 18.0 Å². The number of carboxylic acid groups (broad SMARTS) is 1. The van der Waals surface area contributed by atoms with E-state index in [0.29, 0.717) is 30.0 Å². The molecule has 0 bridgehead atoms. The third kappa shape index (κ3) is 2.49. The van der Waals surface area contributed by atoms with Crippen LogP contribution in [-0.4, -0.2) is 50.1 Å². The number of aryl methyl sites for hydroxylation is 1. The first-order valence-corrected chi connectivity index (χ1v) is 7.90. The second-order valence-corrected chi connectivity index (χ2v) is 6.44. The molecule has 122 valence electrons. The number of aromatic nitrogens is 2. The second-order valence-electron chi connectivity index (χ2n) is 5.34. The zero-order valence-corrected chi connectivity index (χ0v) is 13.1. The van der Waals surface area contributed by atoms with Crippen LogP contribution < -0.4 is 15.7 Å². The highest BCUT2D eigenvalue weighted by atomic mass is 32.2. The van der Waals surface area contributed by atoms with Crippen LogP contribution in [0.2, 0.25) is 0 Å². The van der Waals surface area contributed by atoms with Gasteiger partial charge in [0, 0.05) is 5.75 Å². The van der Waals surface area contributed by atoms with E-state index in [9.17, 15) is 19.5 Å². The van der Waals surface area contributed by atoms with E-state index >= 15 is 0 Å². The monoisotopic (exact) mass is 338 g/mol. The van der Waals surface area contributed by atoms with E-state index in [0.717, 1.165) is 0 Å². The largest absolute Gasteiger partial charge is 0.477 e. The Kier molecular flexibility index (Phi) is 3.86. The van der Waals surface area contributed by atoms with E-state index in [1.807, 2.05) is 0 Å². The standard InChI is InChI=1S/C13H15N5O4S/c1-16-3-8(15-6-19)4-17(16)2-7-5-23-12-9(14)11(20)18(12)10(7)13(21)22/h3-4,6,9,12H,2,5,14H2,1H3,(H-,15,19,21,22)/p+1/t9-,12-/m1/s1. The fourth-order valence-electron chi connectivity index (χ4n) is 2.76. The Morgan fingerprint density at radius 2 is 2.39 bits per heavy atom. The highest BCUT2D eigenvalue weighted by molar-refractivity contribution is 8.00. The summed E-state index contributed by atoms with van der Waals surface area (Å²) in [6, 6.07) is -0.637. The number of nitrogens with two attached hydrogens (primary N) is 1. The summed E-state index contributed by atoms with van der Waals surface area (Å²) >= 11 is 1.46. The Bertz CT molecular complexity index is 728. The van der Waals surface area contributed by atoms with E-state index in [2.05, 4.69) is 5.32 Å². The number of thioether (sulfide) groups is 1. The van der Waals surface area contributed by atoms with Crippen LogP contribution in [0, 0.1) is 0 Å². The van der Waals surface area contributed by atoms with Crippen LogP contribution in [0.4, 0.5) is 5.69 Å². The van der Waals surface area contributed by atoms with Crippen molar-refractivity contribution >= 4 is 35.7 Å². The van der Waals surface area contributed by atoms with Gasteiger partial charge in [0.1, 0.15) is 29.3 Å². The molecule has 1 aromatic heterocycles. The van der Waals surface area contributed by atoms with Gasteiger partial charge < -0.3 is 16.2 Å². The maximum Gasteiger partial charge on any atom is 0.352 e. The van der Waals surface area contributed by atoms with Gasteiger partial charge in [-0.15, -0.1) is 16.4 Å². The Hall–Kier alpha value is -2.33. The number of nitrogens with zero attached hydrogens (tertiary/aromatic N) is 3. The zero-order chi connectivity index (χ0) is 16.7. The van der Waals surface area contributed by atoms with Gasteiger partial charge in [-0.25, -0.2) is 4.79 Å². The summed E-state index contributed by atoms with van der Waals surface area (Å²) < 4.78 is 3.49. The third-order valence-electron chi connectivity index (χ3n) is 3.89. The van der Waals surface area contributed by atoms with Gasteiger partial charge in [-0.2, -0.15) is 4.68 Å². The lowest BCUT2D eigenvalue weighted by atomic mass is 10.0. The first kappa shape index (κ1) is 15.6. The van der Waals surface area contributed by atoms with Gasteiger partial charge in [-0.3, -0.25) is 14.5 Å². The first-order chi connectivity index (χ1) is 10.9. The summed E-state index contributed by atoms with van der Waals surface area (Å²) in [7, 11) is 1.78. The molecule has 9 nitrogen and oxygen atoms in total. The van der Waals surface area contributed by atoms with Gasteiger partial charge in [-0.1, -0.05) is 0 Å². The number of amides is 2. The van der Waals surface area contributed by atoms with Crippen LogP contribution in [0.1, 0.15) is 0 Å². The predicted molar refractivity (Wildman–Crippen MR) is 81.0 cm³/mol. The molecular weight excluding hydrogens is 322 g/mol. The molecule has 3 heterocycles. The molecule has 2 atom stereocenters. The minimum absolute atomic E-state index is 0.0130. The molecule has 0 unspecified atom stereocenters. The van der Waals surface area contributed by atoms with E-state index in [-0.39, 0.29) is 17.0 Å². The van der Waals surface area contributed by atoms with Crippen molar-refractivity contribution in [1.29, 1.82) is 0 Å². The average molecular weight is 338 g/mol. The Morgan fingerprint density at radius 1 is 1.65 bits per heavy atom. The SMILES string of the molecule is C[n+]1cc(NC=O)cn1CC1=C(C(=O)O)N2C(=O)[C@@H](N)[C@H]2SC1. The smallest absolute Gasteiger partial charge is 0.352 e. The van der Waals surface area contributed by atoms with Crippen molar-refractivity contribution in [3.05, 3.63) is 23.7 Å². The lowest BCUT2D eigenvalue weighted by Gasteiger charge is -2.47. The molecule has 10 heteroatoms. The van der Waals surface area contributed by atoms with Gasteiger partial charge in [0.05, 0.1) is 6.20 Å². The Balaban J connectivity index is 1.92. The minimum atomic E-state index is -1.13. The quantitative estimate of drug-likeness (QED) is 0.340. The lowest BCUT2D eigenvalue weighted by molar-refractivity contribution is -0.752. The average Bonchev–Trinajstić information content (AvgIpc) is 2.85. The van der Waals surface area contributed by atoms with E-state index in [1.54, 1.807) is 28.8 Å². The fraction of sp³-hybridized carbons (Fsp3) is 0.385. The molecule has 4 N–H and O–H groups in total. The molecule has 1 aromatic rings. The number of aliphatic carboxylic acids is 1. The van der Waals surface area contributed by atoms with Crippen LogP contribution in [-0.2, 0) is 28.0 Å². The maximum absolute atomic E-state index is 11.9. The number of carbonyl (C=O) groups is 3. The number of β-lactam (4-membered cyclic amide) rings is 1. The van der Waals surface area contributed by atoms with Gasteiger partial charge in [-0.05, 0) is 5.57 Å². The summed E-state index contributed by atoms with van der Waals surface area (Å²) in [4.78, 5) is 35.3. The number of carboxylic acids is 1. The molecule has 2 aliphatic heterocycles. The molecule has 0 aromatic carbocycles. The maximum atomic E-state index is 11.9. The molecular formula is C13H16N5O4S+. The number of rotatable bonds is 5. The molecule has 2 amide bonds.